The number of alkyl halides is 3. The van der Waals surface area contributed by atoms with Crippen molar-refractivity contribution in [2.75, 3.05) is 13.2 Å². The Bertz CT molecular complexity index is 1310. The van der Waals surface area contributed by atoms with Gasteiger partial charge in [-0.1, -0.05) is 57.2 Å². The van der Waals surface area contributed by atoms with Gasteiger partial charge in [0.2, 0.25) is 0 Å². The molecular formula is C30H32F5N3O2. The van der Waals surface area contributed by atoms with Crippen LogP contribution < -0.4 is 0 Å². The Kier molecular flexibility index (Phi) is 8.90. The Hall–Kier alpha value is -3.37. The number of rotatable bonds is 9. The van der Waals surface area contributed by atoms with E-state index >= 15 is 4.39 Å². The van der Waals surface area contributed by atoms with E-state index in [2.05, 4.69) is 10.1 Å². The van der Waals surface area contributed by atoms with Crippen molar-refractivity contribution >= 4 is 6.08 Å². The highest BCUT2D eigenvalue weighted by atomic mass is 19.4. The summed E-state index contributed by atoms with van der Waals surface area (Å²) in [5, 5.41) is 4.21. The molecular weight excluding hydrogens is 529 g/mol. The van der Waals surface area contributed by atoms with Crippen LogP contribution in [0.5, 0.6) is 0 Å². The maximum Gasteiger partial charge on any atom is 0.416 e. The van der Waals surface area contributed by atoms with E-state index in [1.807, 2.05) is 20.8 Å². The quantitative estimate of drug-likeness (QED) is 0.205. The van der Waals surface area contributed by atoms with Gasteiger partial charge in [0.15, 0.2) is 6.29 Å². The fourth-order valence-corrected chi connectivity index (χ4v) is 5.08. The average Bonchev–Trinajstić information content (AvgIpc) is 3.40. The smallest absolute Gasteiger partial charge is 0.349 e. The van der Waals surface area contributed by atoms with Crippen molar-refractivity contribution in [3.05, 3.63) is 102 Å². The van der Waals surface area contributed by atoms with Crippen molar-refractivity contribution in [3.8, 4) is 0 Å². The second-order valence-electron chi connectivity index (χ2n) is 10.9. The van der Waals surface area contributed by atoms with Gasteiger partial charge in [-0.3, -0.25) is 4.68 Å². The molecule has 4 rings (SSSR count). The van der Waals surface area contributed by atoms with E-state index in [-0.39, 0.29) is 5.92 Å². The summed E-state index contributed by atoms with van der Waals surface area (Å²) >= 11 is 0. The summed E-state index contributed by atoms with van der Waals surface area (Å²) in [6, 6.07) is 8.56. The minimum absolute atomic E-state index is 0.0286. The first-order valence-electron chi connectivity index (χ1n) is 12.9. The summed E-state index contributed by atoms with van der Waals surface area (Å²) in [5.41, 5.74) is -0.909. The van der Waals surface area contributed by atoms with Gasteiger partial charge >= 0.3 is 6.18 Å². The largest absolute Gasteiger partial charge is 0.416 e. The Morgan fingerprint density at radius 2 is 1.68 bits per heavy atom. The van der Waals surface area contributed by atoms with Gasteiger partial charge in [-0.25, -0.2) is 13.8 Å². The van der Waals surface area contributed by atoms with Crippen LogP contribution in [0.2, 0.25) is 0 Å². The molecule has 0 radical (unpaired) electrons. The van der Waals surface area contributed by atoms with Crippen LogP contribution in [0.25, 0.3) is 6.08 Å². The molecule has 1 atom stereocenters. The van der Waals surface area contributed by atoms with Gasteiger partial charge in [0.05, 0.1) is 25.3 Å². The lowest BCUT2D eigenvalue weighted by atomic mass is 9.59. The molecule has 0 bridgehead atoms. The number of aromatic nitrogens is 3. The van der Waals surface area contributed by atoms with Crippen LogP contribution >= 0.6 is 0 Å². The van der Waals surface area contributed by atoms with Gasteiger partial charge in [-0.05, 0) is 47.2 Å². The molecule has 40 heavy (non-hydrogen) atoms. The fraction of sp³-hybridized carbons (Fsp3) is 0.400. The van der Waals surface area contributed by atoms with E-state index in [1.165, 1.54) is 30.6 Å². The topological polar surface area (TPSA) is 49.2 Å². The molecule has 1 aliphatic heterocycles. The summed E-state index contributed by atoms with van der Waals surface area (Å²) < 4.78 is 80.3. The van der Waals surface area contributed by atoms with Gasteiger partial charge in [-0.2, -0.15) is 18.3 Å². The Labute approximate surface area is 230 Å². The minimum Gasteiger partial charge on any atom is -0.349 e. The van der Waals surface area contributed by atoms with E-state index in [4.69, 9.17) is 9.47 Å². The lowest BCUT2D eigenvalue weighted by Gasteiger charge is -2.47. The summed E-state index contributed by atoms with van der Waals surface area (Å²) in [6.45, 7) is 7.23. The monoisotopic (exact) mass is 561 g/mol. The van der Waals surface area contributed by atoms with Crippen LogP contribution in [0.15, 0.2) is 73.3 Å². The van der Waals surface area contributed by atoms with Crippen LogP contribution in [0, 0.1) is 23.0 Å². The van der Waals surface area contributed by atoms with Crippen LogP contribution in [0.4, 0.5) is 22.0 Å². The van der Waals surface area contributed by atoms with Gasteiger partial charge in [0.25, 0.3) is 0 Å². The molecule has 0 unspecified atom stereocenters. The summed E-state index contributed by atoms with van der Waals surface area (Å²) in [4.78, 5) is 4.01. The zero-order chi connectivity index (χ0) is 29.0. The second-order valence-corrected chi connectivity index (χ2v) is 10.9. The van der Waals surface area contributed by atoms with E-state index in [0.29, 0.717) is 37.3 Å². The standard InChI is InChI=1S/C30H32F5N3O2/c1-28(2,29(3,18-38-20-36-19-37-38)25-13-12-24(31)14-26(25)32)15-22-16-39-27(40-17-22)7-5-4-6-21-8-10-23(11-9-21)30(33,34)35/h4-14,19-20,22,27H,15-18H2,1-3H3/b6-4+,7-5+/t22?,27?,29-/m1/s1. The summed E-state index contributed by atoms with van der Waals surface area (Å²) in [6.07, 6.45) is 5.55. The number of hydrogen-bond donors (Lipinski definition) is 0. The average molecular weight is 562 g/mol. The number of ether oxygens (including phenoxy) is 2. The fourth-order valence-electron chi connectivity index (χ4n) is 5.08. The van der Waals surface area contributed by atoms with Crippen LogP contribution in [0.1, 0.15) is 43.9 Å². The minimum atomic E-state index is -4.36. The lowest BCUT2D eigenvalue weighted by Crippen LogP contribution is -2.46. The molecule has 5 nitrogen and oxygen atoms in total. The van der Waals surface area contributed by atoms with Crippen molar-refractivity contribution in [3.63, 3.8) is 0 Å². The maximum atomic E-state index is 15.1. The molecule has 2 heterocycles. The number of halogens is 5. The number of hydrogen-bond acceptors (Lipinski definition) is 4. The number of benzene rings is 2. The number of nitrogens with zero attached hydrogens (tertiary/aromatic N) is 3. The van der Waals surface area contributed by atoms with Gasteiger partial charge < -0.3 is 9.47 Å². The first kappa shape index (κ1) is 29.6. The molecule has 1 aromatic heterocycles. The Balaban J connectivity index is 1.37. The van der Waals surface area contributed by atoms with Gasteiger partial charge in [0, 0.05) is 17.4 Å². The lowest BCUT2D eigenvalue weighted by molar-refractivity contribution is -0.181. The molecule has 3 aromatic rings. The molecule has 0 N–H and O–H groups in total. The van der Waals surface area contributed by atoms with E-state index in [1.54, 1.807) is 35.3 Å². The third-order valence-electron chi connectivity index (χ3n) is 7.66. The zero-order valence-corrected chi connectivity index (χ0v) is 22.5. The van der Waals surface area contributed by atoms with E-state index < -0.39 is 40.5 Å². The third kappa shape index (κ3) is 7.03. The third-order valence-corrected chi connectivity index (χ3v) is 7.66. The Morgan fingerprint density at radius 1 is 0.975 bits per heavy atom. The second kappa shape index (κ2) is 12.0. The first-order valence-corrected chi connectivity index (χ1v) is 12.9. The molecule has 10 heteroatoms. The summed E-state index contributed by atoms with van der Waals surface area (Å²) in [7, 11) is 0. The molecule has 0 spiro atoms. The van der Waals surface area contributed by atoms with E-state index in [0.717, 1.165) is 18.2 Å². The molecule has 1 aliphatic rings. The molecule has 0 amide bonds. The Morgan fingerprint density at radius 3 is 2.27 bits per heavy atom. The van der Waals surface area contributed by atoms with Crippen molar-refractivity contribution in [2.45, 2.75) is 51.6 Å². The van der Waals surface area contributed by atoms with Crippen molar-refractivity contribution in [1.82, 2.24) is 14.8 Å². The predicted octanol–water partition coefficient (Wildman–Crippen LogP) is 7.21. The highest BCUT2D eigenvalue weighted by Gasteiger charge is 2.46. The summed E-state index contributed by atoms with van der Waals surface area (Å²) in [5.74, 6) is -1.22. The van der Waals surface area contributed by atoms with Crippen molar-refractivity contribution in [2.24, 2.45) is 11.3 Å². The zero-order valence-electron chi connectivity index (χ0n) is 22.5. The number of allylic oxidation sites excluding steroid dienone is 2. The van der Waals surface area contributed by atoms with Crippen LogP contribution in [0.3, 0.4) is 0 Å². The molecule has 2 aromatic carbocycles. The SMILES string of the molecule is CC(C)(CC1COC(/C=C/C=C/c2ccc(C(F)(F)F)cc2)OC1)[C@](C)(Cn1cncn1)c1ccc(F)cc1F. The van der Waals surface area contributed by atoms with Crippen molar-refractivity contribution in [1.29, 1.82) is 0 Å². The molecule has 1 saturated heterocycles. The van der Waals surface area contributed by atoms with Gasteiger partial charge in [-0.15, -0.1) is 0 Å². The highest BCUT2D eigenvalue weighted by molar-refractivity contribution is 5.51. The van der Waals surface area contributed by atoms with Gasteiger partial charge in [0.1, 0.15) is 24.3 Å². The first-order chi connectivity index (χ1) is 18.9. The van der Waals surface area contributed by atoms with E-state index in [9.17, 15) is 17.6 Å². The predicted molar refractivity (Wildman–Crippen MR) is 141 cm³/mol. The molecule has 0 aliphatic carbocycles. The molecule has 214 valence electrons. The molecule has 0 saturated carbocycles. The van der Waals surface area contributed by atoms with Crippen LogP contribution in [-0.4, -0.2) is 34.3 Å². The highest BCUT2D eigenvalue weighted by Crippen LogP contribution is 2.48. The maximum absolute atomic E-state index is 15.1. The van der Waals surface area contributed by atoms with Crippen molar-refractivity contribution < 1.29 is 31.4 Å². The normalized spacial score (nSPS) is 20.3. The van der Waals surface area contributed by atoms with Crippen LogP contribution in [-0.2, 0) is 27.6 Å². The molecule has 1 fully saturated rings.